The average Bonchev–Trinajstić information content (AvgIpc) is 3.20. The van der Waals surface area contributed by atoms with Gasteiger partial charge in [-0.15, -0.1) is 0 Å². The molecule has 0 amide bonds. The van der Waals surface area contributed by atoms with E-state index in [1.54, 1.807) is 26.4 Å². The third kappa shape index (κ3) is 2.79. The van der Waals surface area contributed by atoms with Gasteiger partial charge in [0.05, 0.1) is 31.7 Å². The molecule has 5 heteroatoms. The molecule has 0 heterocycles. The summed E-state index contributed by atoms with van der Waals surface area (Å²) < 4.78 is 10.4. The van der Waals surface area contributed by atoms with Crippen molar-refractivity contribution in [2.75, 3.05) is 31.8 Å². The van der Waals surface area contributed by atoms with Crippen LogP contribution in [-0.2, 0) is 0 Å². The van der Waals surface area contributed by atoms with E-state index in [-0.39, 0.29) is 6.10 Å². The van der Waals surface area contributed by atoms with Gasteiger partial charge < -0.3 is 25.6 Å². The number of aliphatic hydroxyl groups is 1. The molecule has 0 saturated heterocycles. The normalized spacial score (nSPS) is 16.2. The van der Waals surface area contributed by atoms with Crippen molar-refractivity contribution < 1.29 is 14.6 Å². The number of benzene rings is 1. The maximum Gasteiger partial charge on any atom is 0.162 e. The fraction of sp³-hybridized carbons (Fsp3) is 0.538. The maximum atomic E-state index is 9.81. The molecule has 0 radical (unpaired) electrons. The monoisotopic (exact) mass is 252 g/mol. The summed E-state index contributed by atoms with van der Waals surface area (Å²) in [6, 6.07) is 3.50. The lowest BCUT2D eigenvalue weighted by molar-refractivity contribution is 0.164. The van der Waals surface area contributed by atoms with Crippen molar-refractivity contribution in [1.29, 1.82) is 0 Å². The maximum absolute atomic E-state index is 9.81. The summed E-state index contributed by atoms with van der Waals surface area (Å²) in [6.45, 7) is 0.504. The van der Waals surface area contributed by atoms with Gasteiger partial charge in [-0.1, -0.05) is 0 Å². The first-order valence-corrected chi connectivity index (χ1v) is 6.09. The van der Waals surface area contributed by atoms with Gasteiger partial charge in [0, 0.05) is 18.7 Å². The van der Waals surface area contributed by atoms with Crippen molar-refractivity contribution in [3.05, 3.63) is 12.1 Å². The first-order chi connectivity index (χ1) is 8.65. The molecule has 1 unspecified atom stereocenters. The number of ether oxygens (including phenoxy) is 2. The molecule has 1 aliphatic rings. The number of rotatable bonds is 6. The number of nitrogen functional groups attached to an aromatic ring is 1. The number of methoxy groups -OCH3 is 2. The van der Waals surface area contributed by atoms with Crippen LogP contribution in [0.25, 0.3) is 0 Å². The smallest absolute Gasteiger partial charge is 0.162 e. The summed E-state index contributed by atoms with van der Waals surface area (Å²) in [5.74, 6) is 1.66. The topological polar surface area (TPSA) is 76.7 Å². The second-order valence-corrected chi connectivity index (χ2v) is 4.58. The SMILES string of the molecule is COc1cc(N)c(NCC(O)C2CC2)cc1OC. The van der Waals surface area contributed by atoms with Gasteiger partial charge >= 0.3 is 0 Å². The largest absolute Gasteiger partial charge is 0.493 e. The van der Waals surface area contributed by atoms with Gasteiger partial charge in [-0.25, -0.2) is 0 Å². The van der Waals surface area contributed by atoms with E-state index in [0.29, 0.717) is 29.6 Å². The lowest BCUT2D eigenvalue weighted by Gasteiger charge is -2.16. The van der Waals surface area contributed by atoms with Crippen molar-refractivity contribution in [3.8, 4) is 11.5 Å². The Morgan fingerprint density at radius 1 is 1.33 bits per heavy atom. The summed E-state index contributed by atoms with van der Waals surface area (Å²) in [4.78, 5) is 0. The summed E-state index contributed by atoms with van der Waals surface area (Å²) in [5.41, 5.74) is 7.25. The summed E-state index contributed by atoms with van der Waals surface area (Å²) >= 11 is 0. The lowest BCUT2D eigenvalue weighted by Crippen LogP contribution is -2.21. The summed E-state index contributed by atoms with van der Waals surface area (Å²) in [5, 5.41) is 13.0. The molecule has 0 aromatic heterocycles. The number of nitrogens with one attached hydrogen (secondary N) is 1. The zero-order chi connectivity index (χ0) is 13.1. The molecule has 1 aromatic rings. The van der Waals surface area contributed by atoms with Gasteiger partial charge in [0.2, 0.25) is 0 Å². The predicted molar refractivity (Wildman–Crippen MR) is 71.2 cm³/mol. The highest BCUT2D eigenvalue weighted by Crippen LogP contribution is 2.36. The zero-order valence-corrected chi connectivity index (χ0v) is 10.8. The molecule has 1 saturated carbocycles. The van der Waals surface area contributed by atoms with Crippen molar-refractivity contribution in [2.24, 2.45) is 5.92 Å². The third-order valence-corrected chi connectivity index (χ3v) is 3.22. The highest BCUT2D eigenvalue weighted by Gasteiger charge is 2.29. The number of hydrogen-bond acceptors (Lipinski definition) is 5. The van der Waals surface area contributed by atoms with E-state index in [0.717, 1.165) is 18.5 Å². The van der Waals surface area contributed by atoms with Crippen LogP contribution in [0.15, 0.2) is 12.1 Å². The van der Waals surface area contributed by atoms with Crippen LogP contribution >= 0.6 is 0 Å². The highest BCUT2D eigenvalue weighted by atomic mass is 16.5. The Balaban J connectivity index is 2.06. The van der Waals surface area contributed by atoms with Crippen LogP contribution in [0.1, 0.15) is 12.8 Å². The Hall–Kier alpha value is -1.62. The molecule has 1 atom stereocenters. The van der Waals surface area contributed by atoms with Crippen molar-refractivity contribution in [1.82, 2.24) is 0 Å². The molecule has 18 heavy (non-hydrogen) atoms. The first kappa shape index (κ1) is 12.8. The van der Waals surface area contributed by atoms with E-state index < -0.39 is 0 Å². The molecule has 0 bridgehead atoms. The predicted octanol–water partition coefficient (Wildman–Crippen LogP) is 1.47. The molecule has 4 N–H and O–H groups in total. The fourth-order valence-corrected chi connectivity index (χ4v) is 1.91. The van der Waals surface area contributed by atoms with Crippen molar-refractivity contribution in [3.63, 3.8) is 0 Å². The Morgan fingerprint density at radius 2 is 1.94 bits per heavy atom. The Kier molecular flexibility index (Phi) is 3.81. The summed E-state index contributed by atoms with van der Waals surface area (Å²) in [6.07, 6.45) is 1.92. The van der Waals surface area contributed by atoms with E-state index in [1.165, 1.54) is 0 Å². The fourth-order valence-electron chi connectivity index (χ4n) is 1.91. The Bertz CT molecular complexity index is 419. The van der Waals surface area contributed by atoms with E-state index >= 15 is 0 Å². The molecular formula is C13H20N2O3. The Labute approximate surface area is 107 Å². The van der Waals surface area contributed by atoms with Crippen LogP contribution in [0, 0.1) is 5.92 Å². The minimum Gasteiger partial charge on any atom is -0.493 e. The van der Waals surface area contributed by atoms with Crippen LogP contribution in [0.4, 0.5) is 11.4 Å². The van der Waals surface area contributed by atoms with E-state index in [2.05, 4.69) is 5.32 Å². The molecule has 0 aliphatic heterocycles. The van der Waals surface area contributed by atoms with Gasteiger partial charge in [-0.3, -0.25) is 0 Å². The number of nitrogens with two attached hydrogens (primary N) is 1. The van der Waals surface area contributed by atoms with Crippen LogP contribution in [0.5, 0.6) is 11.5 Å². The van der Waals surface area contributed by atoms with Gasteiger partial charge in [-0.05, 0) is 18.8 Å². The molecule has 2 rings (SSSR count). The van der Waals surface area contributed by atoms with Gasteiger partial charge in [0.25, 0.3) is 0 Å². The number of hydrogen-bond donors (Lipinski definition) is 3. The zero-order valence-electron chi connectivity index (χ0n) is 10.8. The van der Waals surface area contributed by atoms with Crippen LogP contribution in [0.3, 0.4) is 0 Å². The minimum atomic E-state index is -0.308. The molecule has 0 spiro atoms. The van der Waals surface area contributed by atoms with Gasteiger partial charge in [0.1, 0.15) is 0 Å². The van der Waals surface area contributed by atoms with Crippen LogP contribution in [-0.4, -0.2) is 32.0 Å². The molecule has 100 valence electrons. The number of anilines is 2. The van der Waals surface area contributed by atoms with E-state index in [1.807, 2.05) is 0 Å². The average molecular weight is 252 g/mol. The van der Waals surface area contributed by atoms with E-state index in [9.17, 15) is 5.11 Å². The minimum absolute atomic E-state index is 0.308. The lowest BCUT2D eigenvalue weighted by atomic mass is 10.2. The van der Waals surface area contributed by atoms with Crippen molar-refractivity contribution in [2.45, 2.75) is 18.9 Å². The van der Waals surface area contributed by atoms with Crippen LogP contribution in [0.2, 0.25) is 0 Å². The Morgan fingerprint density at radius 3 is 2.50 bits per heavy atom. The quantitative estimate of drug-likeness (QED) is 0.668. The van der Waals surface area contributed by atoms with Gasteiger partial charge in [0.15, 0.2) is 11.5 Å². The molecule has 1 fully saturated rings. The third-order valence-electron chi connectivity index (χ3n) is 3.22. The standard InChI is InChI=1S/C13H20N2O3/c1-17-12-5-9(14)10(6-13(12)18-2)15-7-11(16)8-3-4-8/h5-6,8,11,15-16H,3-4,7,14H2,1-2H3. The van der Waals surface area contributed by atoms with Gasteiger partial charge in [-0.2, -0.15) is 0 Å². The highest BCUT2D eigenvalue weighted by molar-refractivity contribution is 5.72. The molecule has 5 nitrogen and oxygen atoms in total. The molecule has 1 aromatic carbocycles. The first-order valence-electron chi connectivity index (χ1n) is 6.09. The second kappa shape index (κ2) is 5.35. The molecule has 1 aliphatic carbocycles. The summed E-state index contributed by atoms with van der Waals surface area (Å²) in [7, 11) is 3.15. The van der Waals surface area contributed by atoms with Crippen molar-refractivity contribution >= 4 is 11.4 Å². The van der Waals surface area contributed by atoms with Crippen LogP contribution < -0.4 is 20.5 Å². The van der Waals surface area contributed by atoms with E-state index in [4.69, 9.17) is 15.2 Å². The molecular weight excluding hydrogens is 232 g/mol. The number of aliphatic hydroxyl groups excluding tert-OH is 1. The second-order valence-electron chi connectivity index (χ2n) is 4.58.